The third-order valence-corrected chi connectivity index (χ3v) is 2.61. The van der Waals surface area contributed by atoms with Gasteiger partial charge in [-0.05, 0) is 34.5 Å². The number of nitrogens with one attached hydrogen (secondary N) is 1. The number of hydrogen-bond donors (Lipinski definition) is 1. The second kappa shape index (κ2) is 5.60. The van der Waals surface area contributed by atoms with Crippen molar-refractivity contribution in [1.29, 1.82) is 0 Å². The molecular formula is C10H11BrN2O3. The topological polar surface area (TPSA) is 72.2 Å². The predicted molar refractivity (Wildman–Crippen MR) is 63.4 cm³/mol. The highest BCUT2D eigenvalue weighted by atomic mass is 79.9. The lowest BCUT2D eigenvalue weighted by atomic mass is 10.2. The summed E-state index contributed by atoms with van der Waals surface area (Å²) in [6, 6.07) is 4.30. The molecule has 0 spiro atoms. The average Bonchev–Trinajstić information content (AvgIpc) is 2.26. The second-order valence-electron chi connectivity index (χ2n) is 3.18. The Morgan fingerprint density at radius 2 is 2.25 bits per heavy atom. The summed E-state index contributed by atoms with van der Waals surface area (Å²) in [6.07, 6.45) is 0.824. The molecule has 1 amide bonds. The Labute approximate surface area is 101 Å². The Hall–Kier alpha value is -1.43. The lowest BCUT2D eigenvalue weighted by Crippen LogP contribution is -2.23. The third-order valence-electron chi connectivity index (χ3n) is 1.94. The smallest absolute Gasteiger partial charge is 0.284 e. The SMILES string of the molecule is CCCNC(=O)c1ccc(Br)c([N+](=O)[O-])c1. The maximum atomic E-state index is 11.5. The van der Waals surface area contributed by atoms with Crippen molar-refractivity contribution < 1.29 is 9.72 Å². The molecular weight excluding hydrogens is 276 g/mol. The van der Waals surface area contributed by atoms with E-state index < -0.39 is 4.92 Å². The molecule has 1 aromatic rings. The van der Waals surface area contributed by atoms with Crippen LogP contribution in [-0.4, -0.2) is 17.4 Å². The molecule has 0 aliphatic heterocycles. The first kappa shape index (κ1) is 12.6. The highest BCUT2D eigenvalue weighted by molar-refractivity contribution is 9.10. The number of nitro groups is 1. The number of nitro benzene ring substituents is 1. The zero-order valence-corrected chi connectivity index (χ0v) is 10.3. The number of carbonyl (C=O) groups is 1. The normalized spacial score (nSPS) is 9.88. The third kappa shape index (κ3) is 3.03. The van der Waals surface area contributed by atoms with Gasteiger partial charge < -0.3 is 5.32 Å². The molecule has 0 aliphatic carbocycles. The van der Waals surface area contributed by atoms with E-state index >= 15 is 0 Å². The summed E-state index contributed by atoms with van der Waals surface area (Å²) in [5, 5.41) is 13.3. The van der Waals surface area contributed by atoms with Crippen LogP contribution in [0.25, 0.3) is 0 Å². The first-order chi connectivity index (χ1) is 7.56. The summed E-state index contributed by atoms with van der Waals surface area (Å²) in [7, 11) is 0. The standard InChI is InChI=1S/C10H11BrN2O3/c1-2-5-12-10(14)7-3-4-8(11)9(6-7)13(15)16/h3-4,6H,2,5H2,1H3,(H,12,14). The molecule has 0 aliphatic rings. The molecule has 6 heteroatoms. The average molecular weight is 287 g/mol. The number of carbonyl (C=O) groups excluding carboxylic acids is 1. The zero-order valence-electron chi connectivity index (χ0n) is 8.70. The van der Waals surface area contributed by atoms with Crippen LogP contribution in [0.15, 0.2) is 22.7 Å². The summed E-state index contributed by atoms with van der Waals surface area (Å²) in [6.45, 7) is 2.49. The van der Waals surface area contributed by atoms with E-state index in [1.807, 2.05) is 6.92 Å². The van der Waals surface area contributed by atoms with E-state index in [1.165, 1.54) is 12.1 Å². The van der Waals surface area contributed by atoms with Gasteiger partial charge in [0, 0.05) is 18.2 Å². The van der Waals surface area contributed by atoms with Crippen LogP contribution in [0.2, 0.25) is 0 Å². The van der Waals surface area contributed by atoms with Crippen molar-refractivity contribution in [2.24, 2.45) is 0 Å². The molecule has 0 saturated heterocycles. The minimum Gasteiger partial charge on any atom is -0.352 e. The summed E-state index contributed by atoms with van der Waals surface area (Å²) in [4.78, 5) is 21.7. The predicted octanol–water partition coefficient (Wildman–Crippen LogP) is 2.50. The molecule has 0 aromatic heterocycles. The van der Waals surface area contributed by atoms with Crippen LogP contribution >= 0.6 is 15.9 Å². The van der Waals surface area contributed by atoms with Crippen molar-refractivity contribution in [1.82, 2.24) is 5.32 Å². The molecule has 86 valence electrons. The molecule has 0 saturated carbocycles. The highest BCUT2D eigenvalue weighted by Gasteiger charge is 2.15. The lowest BCUT2D eigenvalue weighted by molar-refractivity contribution is -0.385. The van der Waals surface area contributed by atoms with Crippen molar-refractivity contribution in [3.8, 4) is 0 Å². The number of amides is 1. The van der Waals surface area contributed by atoms with E-state index in [0.717, 1.165) is 6.42 Å². The van der Waals surface area contributed by atoms with Gasteiger partial charge in [0.1, 0.15) is 0 Å². The Bertz CT molecular complexity index is 421. The first-order valence-corrected chi connectivity index (χ1v) is 5.57. The number of halogens is 1. The molecule has 1 N–H and O–H groups in total. The van der Waals surface area contributed by atoms with Crippen molar-refractivity contribution in [3.63, 3.8) is 0 Å². The van der Waals surface area contributed by atoms with E-state index in [4.69, 9.17) is 0 Å². The van der Waals surface area contributed by atoms with E-state index in [2.05, 4.69) is 21.2 Å². The van der Waals surface area contributed by atoms with Crippen molar-refractivity contribution in [2.45, 2.75) is 13.3 Å². The first-order valence-electron chi connectivity index (χ1n) is 4.78. The number of rotatable bonds is 4. The van der Waals surface area contributed by atoms with Crippen molar-refractivity contribution in [2.75, 3.05) is 6.54 Å². The fraction of sp³-hybridized carbons (Fsp3) is 0.300. The molecule has 5 nitrogen and oxygen atoms in total. The van der Waals surface area contributed by atoms with Crippen LogP contribution in [0.5, 0.6) is 0 Å². The van der Waals surface area contributed by atoms with Gasteiger partial charge in [-0.2, -0.15) is 0 Å². The van der Waals surface area contributed by atoms with E-state index in [-0.39, 0.29) is 11.6 Å². The molecule has 1 aromatic carbocycles. The summed E-state index contributed by atoms with van der Waals surface area (Å²) >= 11 is 3.06. The highest BCUT2D eigenvalue weighted by Crippen LogP contribution is 2.25. The number of hydrogen-bond acceptors (Lipinski definition) is 3. The maximum Gasteiger partial charge on any atom is 0.284 e. The lowest BCUT2D eigenvalue weighted by Gasteiger charge is -2.03. The molecule has 0 heterocycles. The van der Waals surface area contributed by atoms with Gasteiger partial charge in [-0.3, -0.25) is 14.9 Å². The molecule has 1 rings (SSSR count). The Balaban J connectivity index is 2.94. The minimum absolute atomic E-state index is 0.107. The molecule has 0 fully saturated rings. The Morgan fingerprint density at radius 1 is 1.56 bits per heavy atom. The molecule has 0 radical (unpaired) electrons. The van der Waals surface area contributed by atoms with Crippen molar-refractivity contribution in [3.05, 3.63) is 38.3 Å². The Morgan fingerprint density at radius 3 is 2.81 bits per heavy atom. The van der Waals surface area contributed by atoms with Crippen LogP contribution in [-0.2, 0) is 0 Å². The monoisotopic (exact) mass is 286 g/mol. The largest absolute Gasteiger partial charge is 0.352 e. The summed E-state index contributed by atoms with van der Waals surface area (Å²) < 4.78 is 0.365. The number of benzene rings is 1. The maximum absolute atomic E-state index is 11.5. The van der Waals surface area contributed by atoms with Gasteiger partial charge in [-0.1, -0.05) is 6.92 Å². The van der Waals surface area contributed by atoms with E-state index in [0.29, 0.717) is 16.6 Å². The zero-order chi connectivity index (χ0) is 12.1. The molecule has 0 unspecified atom stereocenters. The van der Waals surface area contributed by atoms with Gasteiger partial charge in [0.05, 0.1) is 9.40 Å². The van der Waals surface area contributed by atoms with Crippen LogP contribution in [0.4, 0.5) is 5.69 Å². The summed E-state index contributed by atoms with van der Waals surface area (Å²) in [5.41, 5.74) is 0.187. The van der Waals surface area contributed by atoms with Crippen LogP contribution in [0.1, 0.15) is 23.7 Å². The quantitative estimate of drug-likeness (QED) is 0.683. The second-order valence-corrected chi connectivity index (χ2v) is 4.03. The van der Waals surface area contributed by atoms with Gasteiger partial charge in [-0.25, -0.2) is 0 Å². The van der Waals surface area contributed by atoms with Crippen LogP contribution in [0.3, 0.4) is 0 Å². The molecule has 16 heavy (non-hydrogen) atoms. The number of nitrogens with zero attached hydrogens (tertiary/aromatic N) is 1. The van der Waals surface area contributed by atoms with Crippen molar-refractivity contribution >= 4 is 27.5 Å². The van der Waals surface area contributed by atoms with Gasteiger partial charge in [0.15, 0.2) is 0 Å². The van der Waals surface area contributed by atoms with Gasteiger partial charge in [-0.15, -0.1) is 0 Å². The fourth-order valence-corrected chi connectivity index (χ4v) is 1.53. The fourth-order valence-electron chi connectivity index (χ4n) is 1.13. The van der Waals surface area contributed by atoms with Crippen LogP contribution in [0, 0.1) is 10.1 Å². The minimum atomic E-state index is -0.527. The molecule has 0 atom stereocenters. The van der Waals surface area contributed by atoms with E-state index in [1.54, 1.807) is 6.07 Å². The van der Waals surface area contributed by atoms with Gasteiger partial charge in [0.25, 0.3) is 11.6 Å². The molecule has 0 bridgehead atoms. The summed E-state index contributed by atoms with van der Waals surface area (Å²) in [5.74, 6) is -0.294. The van der Waals surface area contributed by atoms with Crippen LogP contribution < -0.4 is 5.32 Å². The van der Waals surface area contributed by atoms with Gasteiger partial charge in [0.2, 0.25) is 0 Å². The Kier molecular flexibility index (Phi) is 4.42. The van der Waals surface area contributed by atoms with E-state index in [9.17, 15) is 14.9 Å². The van der Waals surface area contributed by atoms with Gasteiger partial charge >= 0.3 is 0 Å².